The van der Waals surface area contributed by atoms with E-state index in [1.54, 1.807) is 0 Å². The second kappa shape index (κ2) is 6.05. The first kappa shape index (κ1) is 15.6. The van der Waals surface area contributed by atoms with E-state index < -0.39 is 6.23 Å². The van der Waals surface area contributed by atoms with Gasteiger partial charge in [-0.15, -0.1) is 0 Å². The number of anilines is 2. The minimum atomic E-state index is -0.835. The van der Waals surface area contributed by atoms with Crippen LogP contribution in [0.4, 0.5) is 11.4 Å². The third-order valence-corrected chi connectivity index (χ3v) is 4.67. The second-order valence-corrected chi connectivity index (χ2v) is 6.11. The van der Waals surface area contributed by atoms with E-state index in [1.165, 1.54) is 11.8 Å². The number of amides is 1. The van der Waals surface area contributed by atoms with Gasteiger partial charge in [0.2, 0.25) is 5.91 Å². The number of hydrogen-bond donors (Lipinski definition) is 1. The van der Waals surface area contributed by atoms with E-state index in [-0.39, 0.29) is 17.9 Å². The van der Waals surface area contributed by atoms with Crippen molar-refractivity contribution >= 4 is 17.3 Å². The number of carbonyl (C=O) groups is 1. The third-order valence-electron chi connectivity index (χ3n) is 4.67. The van der Waals surface area contributed by atoms with E-state index in [2.05, 4.69) is 17.0 Å². The molecule has 1 aliphatic heterocycles. The number of rotatable bonds is 2. The Morgan fingerprint density at radius 3 is 2.35 bits per heavy atom. The predicted molar refractivity (Wildman–Crippen MR) is 92.4 cm³/mol. The lowest BCUT2D eigenvalue weighted by Gasteiger charge is -2.46. The van der Waals surface area contributed by atoms with Gasteiger partial charge in [0, 0.05) is 25.6 Å². The molecule has 1 heterocycles. The third kappa shape index (κ3) is 2.59. The van der Waals surface area contributed by atoms with Crippen molar-refractivity contribution in [3.63, 3.8) is 0 Å². The molecule has 3 rings (SSSR count). The molecule has 0 spiro atoms. The average molecular weight is 310 g/mol. The van der Waals surface area contributed by atoms with Crippen molar-refractivity contribution in [2.75, 3.05) is 16.8 Å². The zero-order chi connectivity index (χ0) is 16.6. The van der Waals surface area contributed by atoms with E-state index in [4.69, 9.17) is 0 Å². The Kier molecular flexibility index (Phi) is 4.09. The number of fused-ring (bicyclic) bond motifs is 1. The second-order valence-electron chi connectivity index (χ2n) is 6.11. The van der Waals surface area contributed by atoms with Crippen molar-refractivity contribution in [1.29, 1.82) is 0 Å². The van der Waals surface area contributed by atoms with Crippen LogP contribution in [0.25, 0.3) is 0 Å². The molecule has 23 heavy (non-hydrogen) atoms. The van der Waals surface area contributed by atoms with Crippen LogP contribution in [0, 0.1) is 5.92 Å². The van der Waals surface area contributed by atoms with Crippen LogP contribution in [0.3, 0.4) is 0 Å². The van der Waals surface area contributed by atoms with Crippen LogP contribution in [0.1, 0.15) is 25.5 Å². The number of benzene rings is 2. The van der Waals surface area contributed by atoms with Crippen LogP contribution in [-0.4, -0.2) is 24.3 Å². The minimum absolute atomic E-state index is 0.000741. The van der Waals surface area contributed by atoms with Crippen molar-refractivity contribution < 1.29 is 9.90 Å². The van der Waals surface area contributed by atoms with Gasteiger partial charge < -0.3 is 10.0 Å². The molecule has 3 atom stereocenters. The first-order valence-corrected chi connectivity index (χ1v) is 7.87. The molecule has 0 aliphatic carbocycles. The smallest absolute Gasteiger partial charge is 0.225 e. The molecule has 0 aromatic heterocycles. The molecule has 120 valence electrons. The van der Waals surface area contributed by atoms with Crippen molar-refractivity contribution in [2.45, 2.75) is 26.1 Å². The standard InChI is InChI=1S/C19H22N2O2/c1-13-18(20(3)15-9-5-4-6-10-15)16-11-7-8-12-17(16)21(14(2)22)19(13)23/h4-13,18-19,23H,1-3H3/t13-,18-,19+/m1/s1. The molecular weight excluding hydrogens is 288 g/mol. The minimum Gasteiger partial charge on any atom is -0.373 e. The normalized spacial score (nSPS) is 23.3. The zero-order valence-electron chi connectivity index (χ0n) is 13.7. The molecule has 1 aliphatic rings. The Labute approximate surface area is 137 Å². The lowest BCUT2D eigenvalue weighted by molar-refractivity contribution is -0.119. The van der Waals surface area contributed by atoms with Gasteiger partial charge in [-0.05, 0) is 23.8 Å². The summed E-state index contributed by atoms with van der Waals surface area (Å²) in [4.78, 5) is 15.7. The SMILES string of the molecule is CC(=O)N1c2ccccc2[C@H](N(C)c2ccccc2)[C@@H](C)[C@@H]1O. The van der Waals surface area contributed by atoms with Crippen LogP contribution in [0.15, 0.2) is 54.6 Å². The van der Waals surface area contributed by atoms with E-state index >= 15 is 0 Å². The number of nitrogens with zero attached hydrogens (tertiary/aromatic N) is 2. The number of carbonyl (C=O) groups excluding carboxylic acids is 1. The summed E-state index contributed by atoms with van der Waals surface area (Å²) in [5.41, 5.74) is 2.94. The van der Waals surface area contributed by atoms with Gasteiger partial charge in [-0.25, -0.2) is 0 Å². The van der Waals surface area contributed by atoms with Gasteiger partial charge in [0.05, 0.1) is 11.7 Å². The molecule has 0 unspecified atom stereocenters. The summed E-state index contributed by atoms with van der Waals surface area (Å²) in [6.45, 7) is 3.48. The largest absolute Gasteiger partial charge is 0.373 e. The highest BCUT2D eigenvalue weighted by Gasteiger charge is 2.41. The zero-order valence-corrected chi connectivity index (χ0v) is 13.7. The lowest BCUT2D eigenvalue weighted by Crippen LogP contribution is -2.51. The summed E-state index contributed by atoms with van der Waals surface area (Å²) >= 11 is 0. The van der Waals surface area contributed by atoms with E-state index in [0.29, 0.717) is 0 Å². The van der Waals surface area contributed by atoms with E-state index in [9.17, 15) is 9.90 Å². The van der Waals surface area contributed by atoms with Crippen molar-refractivity contribution in [1.82, 2.24) is 0 Å². The van der Waals surface area contributed by atoms with Crippen LogP contribution in [0.5, 0.6) is 0 Å². The molecule has 0 saturated heterocycles. The maximum atomic E-state index is 12.0. The number of hydrogen-bond acceptors (Lipinski definition) is 3. The van der Waals surface area contributed by atoms with Gasteiger partial charge in [-0.3, -0.25) is 9.69 Å². The fourth-order valence-corrected chi connectivity index (χ4v) is 3.52. The highest BCUT2D eigenvalue weighted by Crippen LogP contribution is 2.43. The molecule has 0 saturated carbocycles. The molecule has 1 N–H and O–H groups in total. The molecule has 0 bridgehead atoms. The van der Waals surface area contributed by atoms with Gasteiger partial charge in [-0.2, -0.15) is 0 Å². The Morgan fingerprint density at radius 2 is 1.70 bits per heavy atom. The molecule has 4 heteroatoms. The highest BCUT2D eigenvalue weighted by molar-refractivity contribution is 5.93. The first-order chi connectivity index (χ1) is 11.0. The van der Waals surface area contributed by atoms with E-state index in [1.807, 2.05) is 56.4 Å². The van der Waals surface area contributed by atoms with Crippen LogP contribution in [0.2, 0.25) is 0 Å². The maximum absolute atomic E-state index is 12.0. The quantitative estimate of drug-likeness (QED) is 0.926. The molecular formula is C19H22N2O2. The molecule has 4 nitrogen and oxygen atoms in total. The Bertz CT molecular complexity index is 702. The summed E-state index contributed by atoms with van der Waals surface area (Å²) in [6.07, 6.45) is -0.835. The maximum Gasteiger partial charge on any atom is 0.225 e. The monoisotopic (exact) mass is 310 g/mol. The van der Waals surface area contributed by atoms with Gasteiger partial charge >= 0.3 is 0 Å². The molecule has 0 radical (unpaired) electrons. The van der Waals surface area contributed by atoms with E-state index in [0.717, 1.165) is 16.9 Å². The topological polar surface area (TPSA) is 43.8 Å². The molecule has 0 fully saturated rings. The fourth-order valence-electron chi connectivity index (χ4n) is 3.52. The van der Waals surface area contributed by atoms with Crippen LogP contribution >= 0.6 is 0 Å². The average Bonchev–Trinajstić information content (AvgIpc) is 2.56. The molecule has 1 amide bonds. The highest BCUT2D eigenvalue weighted by atomic mass is 16.3. The Morgan fingerprint density at radius 1 is 1.09 bits per heavy atom. The summed E-state index contributed by atoms with van der Waals surface area (Å²) in [6, 6.07) is 17.9. The Hall–Kier alpha value is -2.33. The van der Waals surface area contributed by atoms with Crippen LogP contribution in [-0.2, 0) is 4.79 Å². The number of aliphatic hydroxyl groups is 1. The van der Waals surface area contributed by atoms with Gasteiger partial charge in [0.15, 0.2) is 0 Å². The number of para-hydroxylation sites is 2. The Balaban J connectivity index is 2.10. The van der Waals surface area contributed by atoms with Crippen molar-refractivity contribution in [3.05, 3.63) is 60.2 Å². The summed E-state index contributed by atoms with van der Waals surface area (Å²) in [7, 11) is 2.03. The summed E-state index contributed by atoms with van der Waals surface area (Å²) in [5.74, 6) is -0.253. The predicted octanol–water partition coefficient (Wildman–Crippen LogP) is 3.19. The number of aliphatic hydroxyl groups excluding tert-OH is 1. The van der Waals surface area contributed by atoms with Gasteiger partial charge in [-0.1, -0.05) is 43.3 Å². The fraction of sp³-hybridized carbons (Fsp3) is 0.316. The van der Waals surface area contributed by atoms with Crippen LogP contribution < -0.4 is 9.80 Å². The summed E-state index contributed by atoms with van der Waals surface area (Å²) in [5, 5.41) is 10.7. The van der Waals surface area contributed by atoms with Gasteiger partial charge in [0.1, 0.15) is 6.23 Å². The first-order valence-electron chi connectivity index (χ1n) is 7.87. The van der Waals surface area contributed by atoms with Crippen molar-refractivity contribution in [3.8, 4) is 0 Å². The van der Waals surface area contributed by atoms with Crippen molar-refractivity contribution in [2.24, 2.45) is 5.92 Å². The van der Waals surface area contributed by atoms with Gasteiger partial charge in [0.25, 0.3) is 0 Å². The lowest BCUT2D eigenvalue weighted by atomic mass is 9.85. The molecule has 2 aromatic rings. The molecule has 2 aromatic carbocycles. The summed E-state index contributed by atoms with van der Waals surface area (Å²) < 4.78 is 0.